The van der Waals surface area contributed by atoms with E-state index >= 15 is 0 Å². The third-order valence-corrected chi connectivity index (χ3v) is 4.78. The van der Waals surface area contributed by atoms with Crippen LogP contribution in [0.15, 0.2) is 47.2 Å². The predicted molar refractivity (Wildman–Crippen MR) is 110 cm³/mol. The van der Waals surface area contributed by atoms with Gasteiger partial charge in [0.1, 0.15) is 0 Å². The molecule has 8 heteroatoms. The van der Waals surface area contributed by atoms with Crippen LogP contribution in [0.5, 0.6) is 0 Å². The van der Waals surface area contributed by atoms with Gasteiger partial charge in [-0.15, -0.1) is 0 Å². The normalized spacial score (nSPS) is 11.3. The fraction of sp³-hybridized carbons (Fsp3) is 0.333. The molecule has 0 saturated carbocycles. The number of thiophene rings is 1. The standard InChI is InChI=1S/C21H24N2O5S/c1-15(24)18(12-16-6-3-2-4-7-16)23-19(25)13-28-20(26)8-5-10-22-21(27)17-9-11-29-14-17/h2-4,6-7,9,11,14,18H,5,8,10,12-13H2,1H3,(H,22,27)(H,23,25). The van der Waals surface area contributed by atoms with E-state index in [2.05, 4.69) is 10.6 Å². The molecule has 0 aliphatic heterocycles. The highest BCUT2D eigenvalue weighted by atomic mass is 32.1. The maximum Gasteiger partial charge on any atom is 0.306 e. The zero-order valence-electron chi connectivity index (χ0n) is 16.2. The second-order valence-electron chi connectivity index (χ2n) is 6.45. The summed E-state index contributed by atoms with van der Waals surface area (Å²) >= 11 is 1.43. The smallest absolute Gasteiger partial charge is 0.306 e. The Morgan fingerprint density at radius 1 is 1.10 bits per heavy atom. The van der Waals surface area contributed by atoms with Crippen molar-refractivity contribution >= 4 is 34.9 Å². The number of carbonyl (C=O) groups is 4. The minimum absolute atomic E-state index is 0.0807. The van der Waals surface area contributed by atoms with Crippen molar-refractivity contribution in [2.24, 2.45) is 0 Å². The molecule has 0 bridgehead atoms. The second-order valence-corrected chi connectivity index (χ2v) is 7.23. The number of nitrogens with one attached hydrogen (secondary N) is 2. The van der Waals surface area contributed by atoms with E-state index in [1.54, 1.807) is 11.4 Å². The number of hydrogen-bond donors (Lipinski definition) is 2. The first kappa shape index (κ1) is 22.3. The van der Waals surface area contributed by atoms with Gasteiger partial charge >= 0.3 is 5.97 Å². The van der Waals surface area contributed by atoms with Crippen LogP contribution in [0.1, 0.15) is 35.7 Å². The number of amides is 2. The van der Waals surface area contributed by atoms with Gasteiger partial charge < -0.3 is 15.4 Å². The monoisotopic (exact) mass is 416 g/mol. The summed E-state index contributed by atoms with van der Waals surface area (Å²) in [6, 6.07) is 10.4. The lowest BCUT2D eigenvalue weighted by Crippen LogP contribution is -2.43. The fourth-order valence-corrected chi connectivity index (χ4v) is 3.17. The van der Waals surface area contributed by atoms with Crippen molar-refractivity contribution in [3.8, 4) is 0 Å². The summed E-state index contributed by atoms with van der Waals surface area (Å²) in [6.45, 7) is 1.29. The number of ketones is 1. The van der Waals surface area contributed by atoms with Crippen molar-refractivity contribution in [1.29, 1.82) is 0 Å². The van der Waals surface area contributed by atoms with Crippen molar-refractivity contribution in [1.82, 2.24) is 10.6 Å². The maximum atomic E-state index is 12.0. The van der Waals surface area contributed by atoms with Gasteiger partial charge in [-0.05, 0) is 36.8 Å². The predicted octanol–water partition coefficient (Wildman–Crippen LogP) is 2.12. The molecule has 0 aliphatic rings. The van der Waals surface area contributed by atoms with Crippen molar-refractivity contribution in [2.45, 2.75) is 32.2 Å². The van der Waals surface area contributed by atoms with Gasteiger partial charge in [0.15, 0.2) is 12.4 Å². The van der Waals surface area contributed by atoms with Crippen molar-refractivity contribution in [2.75, 3.05) is 13.2 Å². The van der Waals surface area contributed by atoms with E-state index < -0.39 is 24.5 Å². The lowest BCUT2D eigenvalue weighted by Gasteiger charge is -2.16. The average Bonchev–Trinajstić information content (AvgIpc) is 3.25. The van der Waals surface area contributed by atoms with Gasteiger partial charge in [0.25, 0.3) is 11.8 Å². The molecule has 0 aliphatic carbocycles. The van der Waals surface area contributed by atoms with Gasteiger partial charge in [-0.2, -0.15) is 11.3 Å². The highest BCUT2D eigenvalue weighted by Crippen LogP contribution is 2.06. The summed E-state index contributed by atoms with van der Waals surface area (Å²) in [5.74, 6) is -1.42. The molecule has 154 valence electrons. The highest BCUT2D eigenvalue weighted by Gasteiger charge is 2.18. The number of rotatable bonds is 11. The Morgan fingerprint density at radius 2 is 1.86 bits per heavy atom. The molecule has 2 aromatic rings. The molecule has 1 atom stereocenters. The van der Waals surface area contributed by atoms with Crippen LogP contribution < -0.4 is 10.6 Å². The minimum Gasteiger partial charge on any atom is -0.456 e. The Bertz CT molecular complexity index is 821. The molecule has 0 fully saturated rings. The van der Waals surface area contributed by atoms with Crippen LogP contribution in [-0.2, 0) is 25.5 Å². The second kappa shape index (κ2) is 11.8. The van der Waals surface area contributed by atoms with Crippen LogP contribution in [0.3, 0.4) is 0 Å². The van der Waals surface area contributed by atoms with E-state index in [-0.39, 0.29) is 18.1 Å². The van der Waals surface area contributed by atoms with Crippen LogP contribution in [-0.4, -0.2) is 42.8 Å². The Morgan fingerprint density at radius 3 is 2.52 bits per heavy atom. The van der Waals surface area contributed by atoms with Gasteiger partial charge in [-0.25, -0.2) is 0 Å². The molecule has 1 unspecified atom stereocenters. The van der Waals surface area contributed by atoms with Gasteiger partial charge in [0.2, 0.25) is 0 Å². The van der Waals surface area contributed by atoms with Crippen molar-refractivity contribution in [3.63, 3.8) is 0 Å². The Kier molecular flexibility index (Phi) is 9.04. The highest BCUT2D eigenvalue weighted by molar-refractivity contribution is 7.08. The number of benzene rings is 1. The molecule has 1 heterocycles. The van der Waals surface area contributed by atoms with E-state index in [0.29, 0.717) is 24.9 Å². The average molecular weight is 416 g/mol. The molecule has 2 amide bonds. The lowest BCUT2D eigenvalue weighted by atomic mass is 10.0. The largest absolute Gasteiger partial charge is 0.456 e. The van der Waals surface area contributed by atoms with Crippen molar-refractivity contribution < 1.29 is 23.9 Å². The first-order valence-corrected chi connectivity index (χ1v) is 10.2. The topological polar surface area (TPSA) is 102 Å². The van der Waals surface area contributed by atoms with E-state index in [4.69, 9.17) is 4.74 Å². The Balaban J connectivity index is 1.64. The molecule has 7 nitrogen and oxygen atoms in total. The molecule has 0 radical (unpaired) electrons. The van der Waals surface area contributed by atoms with Gasteiger partial charge in [0, 0.05) is 23.9 Å². The number of carbonyl (C=O) groups excluding carboxylic acids is 4. The SMILES string of the molecule is CC(=O)C(Cc1ccccc1)NC(=O)COC(=O)CCCNC(=O)c1ccsc1. The lowest BCUT2D eigenvalue weighted by molar-refractivity contribution is -0.148. The zero-order chi connectivity index (χ0) is 21.1. The molecule has 1 aromatic heterocycles. The van der Waals surface area contributed by atoms with Gasteiger partial charge in [0.05, 0.1) is 6.04 Å². The molecule has 29 heavy (non-hydrogen) atoms. The summed E-state index contributed by atoms with van der Waals surface area (Å²) in [7, 11) is 0. The third-order valence-electron chi connectivity index (χ3n) is 4.10. The first-order chi connectivity index (χ1) is 14.0. The summed E-state index contributed by atoms with van der Waals surface area (Å²) in [6.07, 6.45) is 0.859. The third kappa shape index (κ3) is 8.27. The summed E-state index contributed by atoms with van der Waals surface area (Å²) in [5.41, 5.74) is 1.51. The number of esters is 1. The van der Waals surface area contributed by atoms with E-state index in [1.165, 1.54) is 18.3 Å². The summed E-state index contributed by atoms with van der Waals surface area (Å²) < 4.78 is 4.94. The van der Waals surface area contributed by atoms with Crippen LogP contribution in [0.4, 0.5) is 0 Å². The zero-order valence-corrected chi connectivity index (χ0v) is 17.0. The molecule has 1 aromatic carbocycles. The molecule has 0 spiro atoms. The van der Waals surface area contributed by atoms with Crippen LogP contribution in [0.25, 0.3) is 0 Å². The van der Waals surface area contributed by atoms with Crippen LogP contribution in [0, 0.1) is 0 Å². The van der Waals surface area contributed by atoms with Gasteiger partial charge in [-0.1, -0.05) is 30.3 Å². The Hall–Kier alpha value is -3.00. The van der Waals surface area contributed by atoms with E-state index in [0.717, 1.165) is 5.56 Å². The summed E-state index contributed by atoms with van der Waals surface area (Å²) in [5, 5.41) is 8.86. The molecule has 2 N–H and O–H groups in total. The molecular formula is C21H24N2O5S. The van der Waals surface area contributed by atoms with Crippen LogP contribution >= 0.6 is 11.3 Å². The number of hydrogen-bond acceptors (Lipinski definition) is 6. The summed E-state index contributed by atoms with van der Waals surface area (Å²) in [4.78, 5) is 47.3. The van der Waals surface area contributed by atoms with Crippen molar-refractivity contribution in [3.05, 3.63) is 58.3 Å². The quantitative estimate of drug-likeness (QED) is 0.432. The first-order valence-electron chi connectivity index (χ1n) is 9.25. The number of Topliss-reactive ketones (excluding diaryl/α,β-unsaturated/α-hetero) is 1. The maximum absolute atomic E-state index is 12.0. The van der Waals surface area contributed by atoms with E-state index in [1.807, 2.05) is 35.7 Å². The Labute approximate surface area is 173 Å². The van der Waals surface area contributed by atoms with Crippen LogP contribution in [0.2, 0.25) is 0 Å². The molecule has 0 saturated heterocycles. The fourth-order valence-electron chi connectivity index (χ4n) is 2.53. The number of ether oxygens (including phenoxy) is 1. The molecule has 2 rings (SSSR count). The minimum atomic E-state index is -0.670. The van der Waals surface area contributed by atoms with E-state index in [9.17, 15) is 19.2 Å². The molecular weight excluding hydrogens is 392 g/mol. The van der Waals surface area contributed by atoms with Gasteiger partial charge in [-0.3, -0.25) is 19.2 Å².